The number of rotatable bonds is 0. The van der Waals surface area contributed by atoms with E-state index in [1.807, 2.05) is 0 Å². The second kappa shape index (κ2) is 2.82. The third-order valence-corrected chi connectivity index (χ3v) is 2.10. The topological polar surface area (TPSA) is 76.1 Å². The highest BCUT2D eigenvalue weighted by atomic mass is 16.2. The van der Waals surface area contributed by atoms with Crippen molar-refractivity contribution in [3.63, 3.8) is 0 Å². The van der Waals surface area contributed by atoms with Gasteiger partial charge in [0.2, 0.25) is 0 Å². The van der Waals surface area contributed by atoms with Crippen molar-refractivity contribution in [3.05, 3.63) is 17.7 Å². The fourth-order valence-corrected chi connectivity index (χ4v) is 1.49. The van der Waals surface area contributed by atoms with E-state index in [0.29, 0.717) is 0 Å². The Morgan fingerprint density at radius 3 is 2.27 bits per heavy atom. The maximum absolute atomic E-state index is 11.8. The molecule has 0 aromatic carbocycles. The highest BCUT2D eigenvalue weighted by molar-refractivity contribution is 6.19. The number of imide groups is 1. The zero-order chi connectivity index (χ0) is 11.2. The van der Waals surface area contributed by atoms with Crippen LogP contribution >= 0.6 is 0 Å². The lowest BCUT2D eigenvalue weighted by Gasteiger charge is -2.28. The predicted molar refractivity (Wildman–Crippen MR) is 50.1 cm³/mol. The molecule has 0 bridgehead atoms. The molecule has 0 saturated heterocycles. The van der Waals surface area contributed by atoms with E-state index in [2.05, 4.69) is 15.2 Å². The summed E-state index contributed by atoms with van der Waals surface area (Å²) in [6.07, 6.45) is 1.16. The molecule has 0 N–H and O–H groups in total. The molecule has 6 nitrogen and oxygen atoms in total. The molecule has 0 spiro atoms. The fraction of sp³-hybridized carbons (Fsp3) is 0.444. The average Bonchev–Trinajstić information content (AvgIpc) is 2.39. The van der Waals surface area contributed by atoms with Crippen LogP contribution in [0.3, 0.4) is 0 Å². The van der Waals surface area contributed by atoms with Crippen LogP contribution in [0.25, 0.3) is 0 Å². The first-order valence-electron chi connectivity index (χ1n) is 4.49. The molecular weight excluding hydrogens is 196 g/mol. The molecule has 1 aliphatic heterocycles. The van der Waals surface area contributed by atoms with Crippen LogP contribution in [0.5, 0.6) is 0 Å². The predicted octanol–water partition coefficient (Wildman–Crippen LogP) is 0.266. The Kier molecular flexibility index (Phi) is 1.82. The Morgan fingerprint density at radius 2 is 1.73 bits per heavy atom. The van der Waals surface area contributed by atoms with Crippen molar-refractivity contribution in [2.45, 2.75) is 26.3 Å². The Hall–Kier alpha value is -1.85. The summed E-state index contributed by atoms with van der Waals surface area (Å²) < 4.78 is 0. The molecule has 0 aliphatic carbocycles. The van der Waals surface area contributed by atoms with Gasteiger partial charge in [-0.05, 0) is 20.8 Å². The number of carbonyl (C=O) groups excluding carboxylic acids is 2. The maximum atomic E-state index is 11.8. The Bertz CT molecular complexity index is 415. The number of carbonyl (C=O) groups is 2. The molecule has 2 amide bonds. The molecule has 0 fully saturated rings. The molecule has 1 aliphatic rings. The lowest BCUT2D eigenvalue weighted by Crippen LogP contribution is -2.45. The molecule has 6 heteroatoms. The summed E-state index contributed by atoms with van der Waals surface area (Å²) in [4.78, 5) is 28.6. The van der Waals surface area contributed by atoms with Gasteiger partial charge in [0.1, 0.15) is 6.33 Å². The van der Waals surface area contributed by atoms with Gasteiger partial charge in [0.15, 0.2) is 11.4 Å². The standard InChI is InChI=1S/C9H10N4O2/c1-9(2,3)13-7(14)5-6(8(13)15)12-11-4-10-5/h4H,1-3H3. The lowest BCUT2D eigenvalue weighted by molar-refractivity contribution is 0.0504. The summed E-state index contributed by atoms with van der Waals surface area (Å²) >= 11 is 0. The zero-order valence-electron chi connectivity index (χ0n) is 8.68. The van der Waals surface area contributed by atoms with Crippen LogP contribution in [0, 0.1) is 0 Å². The van der Waals surface area contributed by atoms with Crippen LogP contribution in [-0.2, 0) is 0 Å². The highest BCUT2D eigenvalue weighted by Crippen LogP contribution is 2.25. The third-order valence-electron chi connectivity index (χ3n) is 2.10. The number of nitrogens with zero attached hydrogens (tertiary/aromatic N) is 4. The minimum absolute atomic E-state index is 0.0393. The third kappa shape index (κ3) is 1.29. The lowest BCUT2D eigenvalue weighted by atomic mass is 10.1. The molecule has 1 aromatic rings. The fourth-order valence-electron chi connectivity index (χ4n) is 1.49. The van der Waals surface area contributed by atoms with Crippen LogP contribution in [0.4, 0.5) is 0 Å². The van der Waals surface area contributed by atoms with Crippen LogP contribution < -0.4 is 0 Å². The van der Waals surface area contributed by atoms with Gasteiger partial charge in [0.25, 0.3) is 11.8 Å². The summed E-state index contributed by atoms with van der Waals surface area (Å²) in [5, 5.41) is 7.13. The Balaban J connectivity index is 2.55. The first-order chi connectivity index (χ1) is 6.93. The summed E-state index contributed by atoms with van der Waals surface area (Å²) in [5.74, 6) is -0.833. The molecule has 0 radical (unpaired) electrons. The van der Waals surface area contributed by atoms with E-state index >= 15 is 0 Å². The van der Waals surface area contributed by atoms with E-state index in [4.69, 9.17) is 0 Å². The van der Waals surface area contributed by atoms with E-state index in [-0.39, 0.29) is 11.4 Å². The number of hydrogen-bond acceptors (Lipinski definition) is 5. The normalized spacial score (nSPS) is 15.8. The van der Waals surface area contributed by atoms with E-state index in [0.717, 1.165) is 11.2 Å². The molecule has 78 valence electrons. The molecule has 2 rings (SSSR count). The molecule has 0 saturated carbocycles. The van der Waals surface area contributed by atoms with Crippen molar-refractivity contribution in [1.29, 1.82) is 0 Å². The van der Waals surface area contributed by atoms with Gasteiger partial charge in [0, 0.05) is 5.54 Å². The van der Waals surface area contributed by atoms with Crippen LogP contribution in [0.1, 0.15) is 41.7 Å². The summed E-state index contributed by atoms with van der Waals surface area (Å²) in [7, 11) is 0. The number of aromatic nitrogens is 3. The van der Waals surface area contributed by atoms with Gasteiger partial charge in [-0.3, -0.25) is 14.5 Å². The average molecular weight is 206 g/mol. The van der Waals surface area contributed by atoms with Crippen LogP contribution in [0.2, 0.25) is 0 Å². The number of fused-ring (bicyclic) bond motifs is 1. The molecule has 0 unspecified atom stereocenters. The van der Waals surface area contributed by atoms with Gasteiger partial charge in [-0.25, -0.2) is 4.98 Å². The number of amides is 2. The van der Waals surface area contributed by atoms with Crippen molar-refractivity contribution < 1.29 is 9.59 Å². The van der Waals surface area contributed by atoms with Gasteiger partial charge >= 0.3 is 0 Å². The van der Waals surface area contributed by atoms with Gasteiger partial charge in [-0.2, -0.15) is 0 Å². The van der Waals surface area contributed by atoms with Gasteiger partial charge in [-0.15, -0.1) is 10.2 Å². The van der Waals surface area contributed by atoms with Crippen molar-refractivity contribution in [2.24, 2.45) is 0 Å². The molecule has 1 aromatic heterocycles. The smallest absolute Gasteiger partial charge is 0.267 e. The van der Waals surface area contributed by atoms with Gasteiger partial charge < -0.3 is 0 Å². The van der Waals surface area contributed by atoms with Gasteiger partial charge in [0.05, 0.1) is 0 Å². The van der Waals surface area contributed by atoms with Crippen LogP contribution in [-0.4, -0.2) is 37.4 Å². The van der Waals surface area contributed by atoms with E-state index in [9.17, 15) is 9.59 Å². The van der Waals surface area contributed by atoms with Gasteiger partial charge in [-0.1, -0.05) is 0 Å². The molecule has 0 atom stereocenters. The quantitative estimate of drug-likeness (QED) is 0.569. The summed E-state index contributed by atoms with van der Waals surface area (Å²) in [6, 6.07) is 0. The second-order valence-corrected chi connectivity index (χ2v) is 4.27. The minimum Gasteiger partial charge on any atom is -0.267 e. The van der Waals surface area contributed by atoms with E-state index in [1.54, 1.807) is 20.8 Å². The Labute approximate surface area is 86.3 Å². The van der Waals surface area contributed by atoms with Crippen LogP contribution in [0.15, 0.2) is 6.33 Å². The molecule has 2 heterocycles. The Morgan fingerprint density at radius 1 is 1.13 bits per heavy atom. The monoisotopic (exact) mass is 206 g/mol. The largest absolute Gasteiger partial charge is 0.284 e. The van der Waals surface area contributed by atoms with E-state index in [1.165, 1.54) is 0 Å². The SMILES string of the molecule is CC(C)(C)N1C(=O)c2ncnnc2C1=O. The number of hydrogen-bond donors (Lipinski definition) is 0. The van der Waals surface area contributed by atoms with Crippen molar-refractivity contribution >= 4 is 11.8 Å². The van der Waals surface area contributed by atoms with E-state index < -0.39 is 17.4 Å². The minimum atomic E-state index is -0.573. The first-order valence-corrected chi connectivity index (χ1v) is 4.49. The summed E-state index contributed by atoms with van der Waals surface area (Å²) in [6.45, 7) is 5.34. The maximum Gasteiger partial charge on any atom is 0.284 e. The van der Waals surface area contributed by atoms with Crippen molar-refractivity contribution in [3.8, 4) is 0 Å². The van der Waals surface area contributed by atoms with Crippen molar-refractivity contribution in [2.75, 3.05) is 0 Å². The highest BCUT2D eigenvalue weighted by Gasteiger charge is 2.44. The second-order valence-electron chi connectivity index (χ2n) is 4.27. The zero-order valence-corrected chi connectivity index (χ0v) is 8.68. The first kappa shape index (κ1) is 9.70. The molecular formula is C9H10N4O2. The van der Waals surface area contributed by atoms with Crippen molar-refractivity contribution in [1.82, 2.24) is 20.1 Å². The molecule has 15 heavy (non-hydrogen) atoms. The summed E-state index contributed by atoms with van der Waals surface area (Å²) in [5.41, 5.74) is -0.446.